The fraction of sp³-hybridized carbons (Fsp3) is 0.662. The number of esters is 3. The number of aliphatic hydroxyl groups is 2. The van der Waals surface area contributed by atoms with Crippen LogP contribution in [0, 0.1) is 0 Å². The van der Waals surface area contributed by atoms with Crippen molar-refractivity contribution in [1.29, 1.82) is 0 Å². The molecule has 1 aliphatic heterocycles. The minimum absolute atomic E-state index is 0.0720. The van der Waals surface area contributed by atoms with Crippen LogP contribution in [0.2, 0.25) is 0 Å². The third-order valence-corrected chi connectivity index (χ3v) is 14.0. The van der Waals surface area contributed by atoms with Gasteiger partial charge in [-0.3, -0.25) is 14.4 Å². The monoisotopic (exact) mass is 1160 g/mol. The number of hydrogen-bond acceptors (Lipinski definition) is 11. The summed E-state index contributed by atoms with van der Waals surface area (Å²) in [5.41, 5.74) is 0. The summed E-state index contributed by atoms with van der Waals surface area (Å²) in [6.07, 6.45) is 67.4. The van der Waals surface area contributed by atoms with Crippen LogP contribution in [0.15, 0.2) is 122 Å². The Bertz CT molecular complexity index is 1900. The first-order chi connectivity index (χ1) is 40.6. The van der Waals surface area contributed by atoms with E-state index in [1.807, 2.05) is 18.2 Å². The number of carbonyl (C=O) groups is 4. The van der Waals surface area contributed by atoms with Gasteiger partial charge in [0, 0.05) is 19.3 Å². The number of aliphatic carboxylic acids is 1. The molecule has 12 heteroatoms. The molecule has 1 rings (SSSR count). The van der Waals surface area contributed by atoms with Crippen LogP contribution >= 0.6 is 0 Å². The van der Waals surface area contributed by atoms with Gasteiger partial charge in [-0.2, -0.15) is 0 Å². The Hall–Kier alpha value is -4.88. The molecule has 12 nitrogen and oxygen atoms in total. The van der Waals surface area contributed by atoms with Gasteiger partial charge in [0.05, 0.1) is 6.61 Å². The Morgan fingerprint density at radius 3 is 1.20 bits per heavy atom. The third-order valence-electron chi connectivity index (χ3n) is 14.0. The maximum atomic E-state index is 13.2. The first-order valence-corrected chi connectivity index (χ1v) is 32.5. The van der Waals surface area contributed by atoms with Gasteiger partial charge in [-0.05, 0) is 96.3 Å². The molecule has 470 valence electrons. The van der Waals surface area contributed by atoms with Crippen LogP contribution in [0.5, 0.6) is 0 Å². The maximum absolute atomic E-state index is 13.2. The zero-order valence-corrected chi connectivity index (χ0v) is 51.9. The van der Waals surface area contributed by atoms with E-state index >= 15 is 0 Å². The van der Waals surface area contributed by atoms with Gasteiger partial charge in [-0.1, -0.05) is 258 Å². The third kappa shape index (κ3) is 47.1. The van der Waals surface area contributed by atoms with Crippen LogP contribution in [-0.2, 0) is 42.9 Å². The molecule has 0 aromatic carbocycles. The van der Waals surface area contributed by atoms with Crippen LogP contribution in [0.1, 0.15) is 252 Å². The second-order valence-electron chi connectivity index (χ2n) is 21.6. The Labute approximate surface area is 503 Å². The zero-order chi connectivity index (χ0) is 60.3. The lowest BCUT2D eigenvalue weighted by Crippen LogP contribution is -2.61. The van der Waals surface area contributed by atoms with Gasteiger partial charge in [-0.15, -0.1) is 0 Å². The highest BCUT2D eigenvalue weighted by atomic mass is 16.7. The molecule has 0 aromatic heterocycles. The predicted molar refractivity (Wildman–Crippen MR) is 340 cm³/mol. The lowest BCUT2D eigenvalue weighted by atomic mass is 9.98. The summed E-state index contributed by atoms with van der Waals surface area (Å²) < 4.78 is 28.4. The van der Waals surface area contributed by atoms with Gasteiger partial charge in [0.1, 0.15) is 18.8 Å². The molecule has 0 spiro atoms. The van der Waals surface area contributed by atoms with Crippen molar-refractivity contribution in [3.8, 4) is 0 Å². The van der Waals surface area contributed by atoms with Gasteiger partial charge in [-0.25, -0.2) is 4.79 Å². The van der Waals surface area contributed by atoms with Crippen molar-refractivity contribution in [3.63, 3.8) is 0 Å². The fourth-order valence-electron chi connectivity index (χ4n) is 9.15. The normalized spacial score (nSPS) is 18.4. The molecule has 83 heavy (non-hydrogen) atoms. The lowest BCUT2D eigenvalue weighted by Gasteiger charge is -2.40. The van der Waals surface area contributed by atoms with E-state index in [1.54, 1.807) is 0 Å². The van der Waals surface area contributed by atoms with Crippen molar-refractivity contribution in [3.05, 3.63) is 122 Å². The van der Waals surface area contributed by atoms with Gasteiger partial charge < -0.3 is 39.0 Å². The average Bonchev–Trinajstić information content (AvgIpc) is 3.55. The topological polar surface area (TPSA) is 175 Å². The molecule has 0 aromatic rings. The average molecular weight is 1160 g/mol. The fourth-order valence-corrected chi connectivity index (χ4v) is 9.15. The standard InChI is InChI=1S/C71H114O12/c1-4-7-10-13-16-19-22-25-28-31-32-35-38-41-44-47-50-53-56-59-65(74)82-69-67(76)66(75)68(70(77)78)83-71(69)80-61-62(81-64(73)58-55-52-49-46-43-40-37-34-30-27-24-21-18-15-12-9-6-3)60-79-63(72)57-54-51-48-45-42-39-36-33-29-26-23-20-17-14-11-8-5-2/h7-8,10-11,16-17,19-20,25-26,28-29,32,35-36,39,41,44,50,53,62,66-69,71,75-76H,4-6,9,12-15,18,21-24,27,30-31,33-34,37-38,40,42-43,45-49,51-52,54-61H2,1-3H3,(H,77,78)/b10-7-,11-8-,19-16-,20-17-,28-25-,29-26-,35-32-,39-36-,44-41-,53-50-. The molecule has 0 aliphatic carbocycles. The molecule has 0 bridgehead atoms. The zero-order valence-electron chi connectivity index (χ0n) is 51.9. The van der Waals surface area contributed by atoms with Crippen molar-refractivity contribution in [2.75, 3.05) is 13.2 Å². The summed E-state index contributed by atoms with van der Waals surface area (Å²) >= 11 is 0. The molecule has 6 atom stereocenters. The molecule has 0 amide bonds. The molecule has 0 radical (unpaired) electrons. The molecule has 0 saturated carbocycles. The lowest BCUT2D eigenvalue weighted by molar-refractivity contribution is -0.301. The molecule has 1 fully saturated rings. The van der Waals surface area contributed by atoms with E-state index in [0.717, 1.165) is 103 Å². The van der Waals surface area contributed by atoms with Crippen LogP contribution in [0.4, 0.5) is 0 Å². The second kappa shape index (κ2) is 57.5. The molecular formula is C71H114O12. The largest absolute Gasteiger partial charge is 0.479 e. The Morgan fingerprint density at radius 2 is 0.783 bits per heavy atom. The second-order valence-corrected chi connectivity index (χ2v) is 21.6. The Kier molecular flexibility index (Phi) is 52.8. The van der Waals surface area contributed by atoms with Gasteiger partial charge in [0.25, 0.3) is 0 Å². The molecule has 1 aliphatic rings. The van der Waals surface area contributed by atoms with E-state index in [-0.39, 0.29) is 25.9 Å². The molecular weight excluding hydrogens is 1040 g/mol. The first kappa shape index (κ1) is 76.1. The van der Waals surface area contributed by atoms with Crippen molar-refractivity contribution in [2.24, 2.45) is 0 Å². The number of rotatable bonds is 54. The minimum Gasteiger partial charge on any atom is -0.479 e. The number of aliphatic hydroxyl groups excluding tert-OH is 2. The number of allylic oxidation sites excluding steroid dienone is 20. The van der Waals surface area contributed by atoms with Gasteiger partial charge in [0.15, 0.2) is 24.6 Å². The van der Waals surface area contributed by atoms with Crippen molar-refractivity contribution >= 4 is 23.9 Å². The summed E-state index contributed by atoms with van der Waals surface area (Å²) in [6, 6.07) is 0. The Balaban J connectivity index is 2.73. The highest BCUT2D eigenvalue weighted by molar-refractivity contribution is 5.74. The molecule has 3 N–H and O–H groups in total. The first-order valence-electron chi connectivity index (χ1n) is 32.5. The van der Waals surface area contributed by atoms with E-state index in [1.165, 1.54) is 83.5 Å². The SMILES string of the molecule is CC/C=C\C/C=C\C/C=C\C/C=C\C/C=C\C/C=C\CCC(=O)OC1C(OCC(COC(=O)CCCCCC/C=C\C/C=C\C/C=C\C/C=C\CC)OC(=O)CCCCCCCCCCCCCCCCCCC)OC(C(=O)O)C(O)C1O. The van der Waals surface area contributed by atoms with Crippen LogP contribution < -0.4 is 0 Å². The molecule has 6 unspecified atom stereocenters. The predicted octanol–water partition coefficient (Wildman–Crippen LogP) is 17.6. The molecule has 1 saturated heterocycles. The highest BCUT2D eigenvalue weighted by Crippen LogP contribution is 2.26. The quantitative estimate of drug-likeness (QED) is 0.0228. The number of carboxylic acids is 1. The summed E-state index contributed by atoms with van der Waals surface area (Å²) in [6.45, 7) is 5.74. The summed E-state index contributed by atoms with van der Waals surface area (Å²) in [4.78, 5) is 51.3. The number of hydrogen-bond donors (Lipinski definition) is 3. The smallest absolute Gasteiger partial charge is 0.335 e. The van der Waals surface area contributed by atoms with Crippen LogP contribution in [0.25, 0.3) is 0 Å². The van der Waals surface area contributed by atoms with Crippen molar-refractivity contribution in [1.82, 2.24) is 0 Å². The van der Waals surface area contributed by atoms with Crippen LogP contribution in [0.3, 0.4) is 0 Å². The van der Waals surface area contributed by atoms with E-state index in [2.05, 4.69) is 124 Å². The van der Waals surface area contributed by atoms with Gasteiger partial charge >= 0.3 is 23.9 Å². The maximum Gasteiger partial charge on any atom is 0.335 e. The number of unbranched alkanes of at least 4 members (excludes halogenated alkanes) is 20. The number of ether oxygens (including phenoxy) is 5. The van der Waals surface area contributed by atoms with E-state index in [9.17, 15) is 34.5 Å². The summed E-state index contributed by atoms with van der Waals surface area (Å²) in [5.74, 6) is -3.26. The minimum atomic E-state index is -1.94. The highest BCUT2D eigenvalue weighted by Gasteiger charge is 2.50. The van der Waals surface area contributed by atoms with E-state index < -0.39 is 67.3 Å². The number of carboxylic acid groups (broad SMARTS) is 1. The van der Waals surface area contributed by atoms with E-state index in [0.29, 0.717) is 25.7 Å². The van der Waals surface area contributed by atoms with Crippen molar-refractivity contribution in [2.45, 2.75) is 289 Å². The number of carbonyl (C=O) groups excluding carboxylic acids is 3. The summed E-state index contributed by atoms with van der Waals surface area (Å²) in [7, 11) is 0. The molecule has 1 heterocycles. The van der Waals surface area contributed by atoms with E-state index in [4.69, 9.17) is 23.7 Å². The van der Waals surface area contributed by atoms with Crippen LogP contribution in [-0.4, -0.2) is 89.2 Å². The van der Waals surface area contributed by atoms with Gasteiger partial charge in [0.2, 0.25) is 0 Å². The Morgan fingerprint density at radius 1 is 0.410 bits per heavy atom. The van der Waals surface area contributed by atoms with Crippen molar-refractivity contribution < 1.29 is 58.2 Å². The summed E-state index contributed by atoms with van der Waals surface area (Å²) in [5, 5.41) is 31.6.